The zero-order chi connectivity index (χ0) is 43.7. The van der Waals surface area contributed by atoms with Crippen LogP contribution in [0.15, 0.2) is 211 Å². The molecule has 1 aliphatic rings. The third kappa shape index (κ3) is 5.34. The molecule has 0 aliphatic heterocycles. The predicted molar refractivity (Wildman–Crippen MR) is 272 cm³/mol. The molecule has 4 aromatic heterocycles. The van der Waals surface area contributed by atoms with Crippen molar-refractivity contribution in [3.8, 4) is 56.4 Å². The van der Waals surface area contributed by atoms with Crippen LogP contribution in [0.5, 0.6) is 0 Å². The number of furan rings is 1. The van der Waals surface area contributed by atoms with Crippen LogP contribution in [-0.4, -0.2) is 19.1 Å². The fourth-order valence-electron chi connectivity index (χ4n) is 10.9. The molecule has 0 N–H and O–H groups in total. The number of aromatic nitrogens is 4. The zero-order valence-electron chi connectivity index (χ0n) is 36.3. The Hall–Kier alpha value is -8.54. The van der Waals surface area contributed by atoms with E-state index in [1.165, 1.54) is 38.5 Å². The van der Waals surface area contributed by atoms with E-state index < -0.39 is 0 Å². The molecule has 0 atom stereocenters. The van der Waals surface area contributed by atoms with Gasteiger partial charge in [0.25, 0.3) is 0 Å². The molecule has 1 aliphatic carbocycles. The molecule has 14 rings (SSSR count). The molecule has 0 bridgehead atoms. The van der Waals surface area contributed by atoms with Gasteiger partial charge in [0, 0.05) is 60.6 Å². The van der Waals surface area contributed by atoms with Crippen molar-refractivity contribution in [2.24, 2.45) is 0 Å². The summed E-state index contributed by atoms with van der Waals surface area (Å²) in [5.41, 5.74) is 18.4. The van der Waals surface area contributed by atoms with Crippen LogP contribution in [-0.2, 0) is 5.41 Å². The Kier molecular flexibility index (Phi) is 7.68. The van der Waals surface area contributed by atoms with Gasteiger partial charge in [0.05, 0.1) is 33.5 Å². The Labute approximate surface area is 380 Å². The van der Waals surface area contributed by atoms with Gasteiger partial charge in [0.15, 0.2) is 0 Å². The smallest absolute Gasteiger partial charge is 0.235 e. The van der Waals surface area contributed by atoms with Crippen LogP contribution in [0.1, 0.15) is 25.0 Å². The molecule has 5 heteroatoms. The summed E-state index contributed by atoms with van der Waals surface area (Å²) in [5.74, 6) is 0.639. The summed E-state index contributed by atoms with van der Waals surface area (Å²) >= 11 is 0. The van der Waals surface area contributed by atoms with Crippen molar-refractivity contribution < 1.29 is 4.42 Å². The van der Waals surface area contributed by atoms with E-state index in [1.807, 2.05) is 12.1 Å². The summed E-state index contributed by atoms with van der Waals surface area (Å²) in [5, 5.41) is 6.96. The number of rotatable bonds is 5. The Balaban J connectivity index is 0.983. The van der Waals surface area contributed by atoms with Gasteiger partial charge in [0.2, 0.25) is 5.95 Å². The highest BCUT2D eigenvalue weighted by Gasteiger charge is 2.36. The van der Waals surface area contributed by atoms with Crippen molar-refractivity contribution in [3.05, 3.63) is 217 Å². The van der Waals surface area contributed by atoms with Crippen molar-refractivity contribution in [2.45, 2.75) is 19.3 Å². The Morgan fingerprint density at radius 2 is 0.955 bits per heavy atom. The van der Waals surface area contributed by atoms with E-state index in [2.05, 4.69) is 217 Å². The first-order valence-corrected chi connectivity index (χ1v) is 22.6. The van der Waals surface area contributed by atoms with Crippen molar-refractivity contribution in [2.75, 3.05) is 0 Å². The quantitative estimate of drug-likeness (QED) is 0.173. The third-order valence-electron chi connectivity index (χ3n) is 14.1. The van der Waals surface area contributed by atoms with E-state index in [0.717, 1.165) is 88.6 Å². The maximum Gasteiger partial charge on any atom is 0.235 e. The van der Waals surface area contributed by atoms with Crippen LogP contribution in [0.2, 0.25) is 0 Å². The molecule has 0 fully saturated rings. The van der Waals surface area contributed by atoms with Gasteiger partial charge < -0.3 is 8.98 Å². The fraction of sp³-hybridized carbons (Fsp3) is 0.0492. The average Bonchev–Trinajstić information content (AvgIpc) is 4.07. The molecule has 0 amide bonds. The van der Waals surface area contributed by atoms with Crippen LogP contribution >= 0.6 is 0 Å². The summed E-state index contributed by atoms with van der Waals surface area (Å²) < 4.78 is 11.4. The van der Waals surface area contributed by atoms with Gasteiger partial charge in [-0.25, -0.2) is 9.97 Å². The van der Waals surface area contributed by atoms with E-state index >= 15 is 0 Å². The van der Waals surface area contributed by atoms with Gasteiger partial charge in [-0.2, -0.15) is 0 Å². The highest BCUT2D eigenvalue weighted by Crippen LogP contribution is 2.51. The lowest BCUT2D eigenvalue weighted by Gasteiger charge is -2.21. The van der Waals surface area contributed by atoms with Crippen LogP contribution in [0, 0.1) is 0 Å². The third-order valence-corrected chi connectivity index (χ3v) is 14.1. The second-order valence-corrected chi connectivity index (χ2v) is 18.2. The van der Waals surface area contributed by atoms with E-state index in [4.69, 9.17) is 14.4 Å². The largest absolute Gasteiger partial charge is 0.456 e. The molecule has 66 heavy (non-hydrogen) atoms. The van der Waals surface area contributed by atoms with Crippen LogP contribution < -0.4 is 0 Å². The monoisotopic (exact) mass is 844 g/mol. The minimum absolute atomic E-state index is 0.181. The van der Waals surface area contributed by atoms with E-state index in [9.17, 15) is 0 Å². The average molecular weight is 845 g/mol. The first-order chi connectivity index (χ1) is 32.5. The highest BCUT2D eigenvalue weighted by atomic mass is 16.3. The van der Waals surface area contributed by atoms with Crippen molar-refractivity contribution in [3.63, 3.8) is 0 Å². The summed E-state index contributed by atoms with van der Waals surface area (Å²) in [6.45, 7) is 4.68. The second-order valence-electron chi connectivity index (χ2n) is 18.2. The number of benzene rings is 9. The maximum atomic E-state index is 6.79. The van der Waals surface area contributed by atoms with Crippen LogP contribution in [0.3, 0.4) is 0 Å². The first-order valence-electron chi connectivity index (χ1n) is 22.6. The standard InChI is InChI=1S/C61H40N4O/c1-61(2)50-24-14-12-22-42(50)45-32-48-46-30-39(27-29-55(46)65(56(48)34-51(45)61)60-62-52(37-16-6-3-7-17-37)35-53(63-60)38-18-8-4-9-19-38)40-26-28-44-49-33-47-43-23-13-15-25-54(43)64(41-20-10-5-11-21-41)57(47)36-59(49)66-58(44)31-40/h3-36H,1-2H3. The zero-order valence-corrected chi connectivity index (χ0v) is 36.3. The SMILES string of the molecule is CC1(C)c2ccccc2-c2cc3c4cc(-c5ccc6c(c5)oc5cc7c(cc56)c5ccccc5n7-c5ccccc5)ccc4n(-c4nc(-c5ccccc5)cc(-c5ccccc5)n4)c3cc21. The molecule has 13 aromatic rings. The lowest BCUT2D eigenvalue weighted by atomic mass is 9.82. The van der Waals surface area contributed by atoms with Crippen molar-refractivity contribution >= 4 is 65.6 Å². The molecule has 0 radical (unpaired) electrons. The Bertz CT molecular complexity index is 4060. The van der Waals surface area contributed by atoms with Crippen LogP contribution in [0.25, 0.3) is 122 Å². The van der Waals surface area contributed by atoms with Gasteiger partial charge in [-0.05, 0) is 100 Å². The molecule has 310 valence electrons. The molecule has 9 aromatic carbocycles. The normalized spacial score (nSPS) is 13.1. The molecular formula is C61H40N4O. The summed E-state index contributed by atoms with van der Waals surface area (Å²) in [4.78, 5) is 10.7. The second kappa shape index (κ2) is 13.7. The predicted octanol–water partition coefficient (Wildman–Crippen LogP) is 15.9. The van der Waals surface area contributed by atoms with Crippen molar-refractivity contribution in [1.29, 1.82) is 0 Å². The fourth-order valence-corrected chi connectivity index (χ4v) is 10.9. The van der Waals surface area contributed by atoms with Gasteiger partial charge in [0.1, 0.15) is 11.2 Å². The number of nitrogens with zero attached hydrogens (tertiary/aromatic N) is 4. The molecule has 4 heterocycles. The molecule has 5 nitrogen and oxygen atoms in total. The minimum Gasteiger partial charge on any atom is -0.456 e. The Morgan fingerprint density at radius 3 is 1.73 bits per heavy atom. The molecule has 0 spiro atoms. The summed E-state index contributed by atoms with van der Waals surface area (Å²) in [6.07, 6.45) is 0. The Morgan fingerprint density at radius 1 is 0.364 bits per heavy atom. The lowest BCUT2D eigenvalue weighted by Crippen LogP contribution is -2.15. The summed E-state index contributed by atoms with van der Waals surface area (Å²) in [6, 6.07) is 73.9. The van der Waals surface area contributed by atoms with Gasteiger partial charge in [-0.3, -0.25) is 4.57 Å². The maximum absolute atomic E-state index is 6.79. The molecule has 0 unspecified atom stereocenters. The number of para-hydroxylation sites is 2. The number of hydrogen-bond donors (Lipinski definition) is 0. The van der Waals surface area contributed by atoms with Crippen molar-refractivity contribution in [1.82, 2.24) is 19.1 Å². The van der Waals surface area contributed by atoms with Crippen LogP contribution in [0.4, 0.5) is 0 Å². The van der Waals surface area contributed by atoms with Gasteiger partial charge in [-0.15, -0.1) is 0 Å². The van der Waals surface area contributed by atoms with E-state index in [0.29, 0.717) is 5.95 Å². The lowest BCUT2D eigenvalue weighted by molar-refractivity contribution is 0.661. The summed E-state index contributed by atoms with van der Waals surface area (Å²) in [7, 11) is 0. The highest BCUT2D eigenvalue weighted by molar-refractivity contribution is 6.18. The minimum atomic E-state index is -0.181. The number of fused-ring (bicyclic) bond motifs is 12. The first kappa shape index (κ1) is 36.9. The molecule has 0 saturated heterocycles. The number of hydrogen-bond acceptors (Lipinski definition) is 3. The van der Waals surface area contributed by atoms with Gasteiger partial charge >= 0.3 is 0 Å². The molecular weight excluding hydrogens is 805 g/mol. The topological polar surface area (TPSA) is 48.8 Å². The van der Waals surface area contributed by atoms with E-state index in [1.54, 1.807) is 0 Å². The van der Waals surface area contributed by atoms with Gasteiger partial charge in [-0.1, -0.05) is 147 Å². The molecule has 0 saturated carbocycles. The van der Waals surface area contributed by atoms with E-state index in [-0.39, 0.29) is 5.41 Å².